The number of benzene rings is 2. The van der Waals surface area contributed by atoms with Crippen LogP contribution < -0.4 is 11.1 Å². The second-order valence-electron chi connectivity index (χ2n) is 4.53. The third-order valence-corrected chi connectivity index (χ3v) is 3.50. The zero-order valence-corrected chi connectivity index (χ0v) is 12.7. The van der Waals surface area contributed by atoms with Gasteiger partial charge in [-0.25, -0.2) is 4.39 Å². The number of nitrogens with one attached hydrogen (secondary N) is 1. The molecule has 4 N–H and O–H groups in total. The Hall–Kier alpha value is -2.08. The van der Waals surface area contributed by atoms with Crippen molar-refractivity contribution in [1.82, 2.24) is 0 Å². The molecule has 0 aromatic heterocycles. The van der Waals surface area contributed by atoms with Gasteiger partial charge in [0.25, 0.3) is 0 Å². The summed E-state index contributed by atoms with van der Waals surface area (Å²) in [5.41, 5.74) is 6.87. The highest BCUT2D eigenvalue weighted by molar-refractivity contribution is 9.10. The van der Waals surface area contributed by atoms with E-state index >= 15 is 0 Å². The largest absolute Gasteiger partial charge is 0.409 e. The molecule has 6 heteroatoms. The standard InChI is InChI=1S/C15H15BrFN3O/c16-11-6-7-13(12(17)8-11)19-14(9-15(18)20-21)10-4-2-1-3-5-10/h1-8,14,19,21H,9H2,(H2,18,20). The van der Waals surface area contributed by atoms with Gasteiger partial charge >= 0.3 is 0 Å². The van der Waals surface area contributed by atoms with Gasteiger partial charge in [0.05, 0.1) is 11.7 Å². The Labute approximate surface area is 130 Å². The highest BCUT2D eigenvalue weighted by Crippen LogP contribution is 2.26. The maximum Gasteiger partial charge on any atom is 0.147 e. The van der Waals surface area contributed by atoms with E-state index in [-0.39, 0.29) is 24.1 Å². The maximum absolute atomic E-state index is 13.9. The van der Waals surface area contributed by atoms with Crippen LogP contribution in [0.25, 0.3) is 0 Å². The monoisotopic (exact) mass is 351 g/mol. The summed E-state index contributed by atoms with van der Waals surface area (Å²) in [6, 6.07) is 13.9. The van der Waals surface area contributed by atoms with E-state index in [1.54, 1.807) is 12.1 Å². The van der Waals surface area contributed by atoms with Gasteiger partial charge < -0.3 is 16.3 Å². The zero-order chi connectivity index (χ0) is 15.2. The lowest BCUT2D eigenvalue weighted by Crippen LogP contribution is -2.21. The van der Waals surface area contributed by atoms with E-state index in [1.165, 1.54) is 6.07 Å². The number of hydrogen-bond donors (Lipinski definition) is 3. The van der Waals surface area contributed by atoms with Crippen LogP contribution in [0, 0.1) is 5.82 Å². The average molecular weight is 352 g/mol. The lowest BCUT2D eigenvalue weighted by atomic mass is 10.0. The van der Waals surface area contributed by atoms with Crippen molar-refractivity contribution in [3.8, 4) is 0 Å². The first-order chi connectivity index (χ1) is 10.1. The molecular weight excluding hydrogens is 337 g/mol. The number of anilines is 1. The second-order valence-corrected chi connectivity index (χ2v) is 5.44. The van der Waals surface area contributed by atoms with Gasteiger partial charge in [-0.2, -0.15) is 0 Å². The van der Waals surface area contributed by atoms with Crippen molar-refractivity contribution in [2.45, 2.75) is 12.5 Å². The molecule has 110 valence electrons. The zero-order valence-electron chi connectivity index (χ0n) is 11.1. The fraction of sp³-hybridized carbons (Fsp3) is 0.133. The summed E-state index contributed by atoms with van der Waals surface area (Å²) >= 11 is 3.22. The van der Waals surface area contributed by atoms with Crippen molar-refractivity contribution < 1.29 is 9.60 Å². The predicted molar refractivity (Wildman–Crippen MR) is 84.9 cm³/mol. The highest BCUT2D eigenvalue weighted by Gasteiger charge is 2.15. The molecule has 0 fully saturated rings. The summed E-state index contributed by atoms with van der Waals surface area (Å²) < 4.78 is 14.6. The minimum absolute atomic E-state index is 0.0777. The lowest BCUT2D eigenvalue weighted by Gasteiger charge is -2.20. The van der Waals surface area contributed by atoms with Crippen LogP contribution in [0.1, 0.15) is 18.0 Å². The molecular formula is C15H15BrFN3O. The fourth-order valence-electron chi connectivity index (χ4n) is 1.98. The summed E-state index contributed by atoms with van der Waals surface area (Å²) in [7, 11) is 0. The molecule has 0 heterocycles. The smallest absolute Gasteiger partial charge is 0.147 e. The van der Waals surface area contributed by atoms with E-state index in [0.29, 0.717) is 10.2 Å². The number of oxime groups is 1. The van der Waals surface area contributed by atoms with Gasteiger partial charge in [-0.05, 0) is 23.8 Å². The average Bonchev–Trinajstić information content (AvgIpc) is 2.49. The Morgan fingerprint density at radius 2 is 2.00 bits per heavy atom. The lowest BCUT2D eigenvalue weighted by molar-refractivity contribution is 0.316. The third-order valence-electron chi connectivity index (χ3n) is 3.00. The van der Waals surface area contributed by atoms with Crippen LogP contribution in [-0.4, -0.2) is 11.0 Å². The Kier molecular flexibility index (Phi) is 5.16. The summed E-state index contributed by atoms with van der Waals surface area (Å²) in [6.45, 7) is 0. The normalized spacial score (nSPS) is 13.0. The molecule has 1 atom stereocenters. The summed E-state index contributed by atoms with van der Waals surface area (Å²) in [6.07, 6.45) is 0.260. The molecule has 0 spiro atoms. The van der Waals surface area contributed by atoms with Crippen molar-refractivity contribution in [3.05, 3.63) is 64.4 Å². The molecule has 0 radical (unpaired) electrons. The van der Waals surface area contributed by atoms with Gasteiger partial charge in [0.15, 0.2) is 0 Å². The molecule has 0 aliphatic rings. The molecule has 0 saturated heterocycles. The second kappa shape index (κ2) is 7.08. The molecule has 0 saturated carbocycles. The van der Waals surface area contributed by atoms with Crippen LogP contribution in [0.5, 0.6) is 0 Å². The maximum atomic E-state index is 13.9. The molecule has 2 aromatic carbocycles. The van der Waals surface area contributed by atoms with Crippen LogP contribution in [0.2, 0.25) is 0 Å². The topological polar surface area (TPSA) is 70.6 Å². The number of halogens is 2. The van der Waals surface area contributed by atoms with E-state index in [9.17, 15) is 4.39 Å². The Balaban J connectivity index is 2.27. The molecule has 2 rings (SSSR count). The van der Waals surface area contributed by atoms with E-state index in [2.05, 4.69) is 26.4 Å². The molecule has 0 amide bonds. The Morgan fingerprint density at radius 3 is 2.62 bits per heavy atom. The van der Waals surface area contributed by atoms with Crippen LogP contribution in [0.15, 0.2) is 58.2 Å². The third kappa shape index (κ3) is 4.19. The fourth-order valence-corrected chi connectivity index (χ4v) is 2.31. The molecule has 0 aliphatic carbocycles. The number of nitrogens with zero attached hydrogens (tertiary/aromatic N) is 1. The first-order valence-corrected chi connectivity index (χ1v) is 7.12. The number of rotatable bonds is 5. The van der Waals surface area contributed by atoms with Crippen LogP contribution >= 0.6 is 15.9 Å². The van der Waals surface area contributed by atoms with Gasteiger partial charge in [0.1, 0.15) is 11.7 Å². The quantitative estimate of drug-likeness (QED) is 0.331. The van der Waals surface area contributed by atoms with Crippen LogP contribution in [0.3, 0.4) is 0 Å². The van der Waals surface area contributed by atoms with Crippen molar-refractivity contribution in [1.29, 1.82) is 0 Å². The summed E-state index contributed by atoms with van der Waals surface area (Å²) in [4.78, 5) is 0. The van der Waals surface area contributed by atoms with Crippen molar-refractivity contribution in [2.24, 2.45) is 10.9 Å². The van der Waals surface area contributed by atoms with E-state index in [4.69, 9.17) is 10.9 Å². The molecule has 4 nitrogen and oxygen atoms in total. The van der Waals surface area contributed by atoms with Gasteiger partial charge in [0.2, 0.25) is 0 Å². The van der Waals surface area contributed by atoms with Gasteiger partial charge in [-0.15, -0.1) is 0 Å². The molecule has 0 bridgehead atoms. The first-order valence-electron chi connectivity index (χ1n) is 6.33. The number of nitrogens with two attached hydrogens (primary N) is 1. The van der Waals surface area contributed by atoms with Crippen molar-refractivity contribution >= 4 is 27.5 Å². The summed E-state index contributed by atoms with van der Waals surface area (Å²) in [5, 5.41) is 14.8. The van der Waals surface area contributed by atoms with Gasteiger partial charge in [-0.3, -0.25) is 0 Å². The van der Waals surface area contributed by atoms with Crippen LogP contribution in [0.4, 0.5) is 10.1 Å². The highest BCUT2D eigenvalue weighted by atomic mass is 79.9. The predicted octanol–water partition coefficient (Wildman–Crippen LogP) is 3.88. The Bertz CT molecular complexity index is 634. The molecule has 2 aromatic rings. The van der Waals surface area contributed by atoms with Gasteiger partial charge in [0, 0.05) is 10.9 Å². The molecule has 21 heavy (non-hydrogen) atoms. The molecule has 1 unspecified atom stereocenters. The molecule has 0 aliphatic heterocycles. The van der Waals surface area contributed by atoms with Crippen molar-refractivity contribution in [2.75, 3.05) is 5.32 Å². The SMILES string of the molecule is NC(CC(Nc1ccc(Br)cc1F)c1ccccc1)=NO. The Morgan fingerprint density at radius 1 is 1.29 bits per heavy atom. The van der Waals surface area contributed by atoms with Gasteiger partial charge in [-0.1, -0.05) is 51.4 Å². The number of amidine groups is 1. The van der Waals surface area contributed by atoms with Crippen molar-refractivity contribution in [3.63, 3.8) is 0 Å². The van der Waals surface area contributed by atoms with E-state index < -0.39 is 0 Å². The summed E-state index contributed by atoms with van der Waals surface area (Å²) in [5.74, 6) is -0.293. The minimum atomic E-state index is -0.371. The number of hydrogen-bond acceptors (Lipinski definition) is 3. The van der Waals surface area contributed by atoms with E-state index in [0.717, 1.165) is 5.56 Å². The van der Waals surface area contributed by atoms with E-state index in [1.807, 2.05) is 30.3 Å². The minimum Gasteiger partial charge on any atom is -0.409 e. The first kappa shape index (κ1) is 15.3. The van der Waals surface area contributed by atoms with Crippen LogP contribution in [-0.2, 0) is 0 Å².